The lowest BCUT2D eigenvalue weighted by Gasteiger charge is -2.09. The third-order valence-corrected chi connectivity index (χ3v) is 3.15. The Balaban J connectivity index is 1.96. The van der Waals surface area contributed by atoms with Crippen LogP contribution in [0.5, 0.6) is 0 Å². The highest BCUT2D eigenvalue weighted by Crippen LogP contribution is 2.23. The number of rotatable bonds is 5. The molecular weight excluding hydrogens is 281 g/mol. The van der Waals surface area contributed by atoms with Gasteiger partial charge in [0.15, 0.2) is 0 Å². The smallest absolute Gasteiger partial charge is 0.335 e. The maximum atomic E-state index is 13.0. The molecule has 0 bridgehead atoms. The molecule has 104 valence electrons. The van der Waals surface area contributed by atoms with E-state index in [0.29, 0.717) is 23.7 Å². The summed E-state index contributed by atoms with van der Waals surface area (Å²) in [5, 5.41) is 12.3. The molecular formula is C15H13ClFNO2. The average molecular weight is 294 g/mol. The first-order valence-corrected chi connectivity index (χ1v) is 6.45. The largest absolute Gasteiger partial charge is 0.478 e. The van der Waals surface area contributed by atoms with Crippen molar-refractivity contribution in [3.8, 4) is 0 Å². The third-order valence-electron chi connectivity index (χ3n) is 2.83. The predicted octanol–water partition coefficient (Wildman–Crippen LogP) is 3.83. The van der Waals surface area contributed by atoms with Crippen LogP contribution in [0.4, 0.5) is 10.1 Å². The molecule has 0 unspecified atom stereocenters. The number of carboxylic acids is 1. The van der Waals surface area contributed by atoms with Crippen molar-refractivity contribution in [3.63, 3.8) is 0 Å². The van der Waals surface area contributed by atoms with Gasteiger partial charge in [0.1, 0.15) is 5.82 Å². The standard InChI is InChI=1S/C15H13ClFNO2/c16-13-9-11(15(19)20)4-5-14(13)18-7-6-10-2-1-3-12(17)8-10/h1-5,8-9,18H,6-7H2,(H,19,20). The van der Waals surface area contributed by atoms with E-state index in [1.54, 1.807) is 12.1 Å². The van der Waals surface area contributed by atoms with Gasteiger partial charge < -0.3 is 10.4 Å². The van der Waals surface area contributed by atoms with Gasteiger partial charge in [0, 0.05) is 6.54 Å². The summed E-state index contributed by atoms with van der Waals surface area (Å²) in [5.74, 6) is -1.27. The van der Waals surface area contributed by atoms with E-state index in [0.717, 1.165) is 5.56 Å². The molecule has 0 aliphatic heterocycles. The number of hydrogen-bond donors (Lipinski definition) is 2. The molecule has 0 spiro atoms. The summed E-state index contributed by atoms with van der Waals surface area (Å²) >= 11 is 5.99. The van der Waals surface area contributed by atoms with E-state index in [1.165, 1.54) is 24.3 Å². The highest BCUT2D eigenvalue weighted by atomic mass is 35.5. The minimum Gasteiger partial charge on any atom is -0.478 e. The fourth-order valence-corrected chi connectivity index (χ4v) is 2.07. The number of carbonyl (C=O) groups is 1. The number of hydrogen-bond acceptors (Lipinski definition) is 2. The molecule has 2 rings (SSSR count). The van der Waals surface area contributed by atoms with Gasteiger partial charge in [-0.25, -0.2) is 9.18 Å². The van der Waals surface area contributed by atoms with E-state index in [4.69, 9.17) is 16.7 Å². The van der Waals surface area contributed by atoms with Crippen LogP contribution >= 0.6 is 11.6 Å². The highest BCUT2D eigenvalue weighted by Gasteiger charge is 2.06. The summed E-state index contributed by atoms with van der Waals surface area (Å²) in [4.78, 5) is 10.8. The lowest BCUT2D eigenvalue weighted by atomic mass is 10.1. The molecule has 2 aromatic rings. The zero-order valence-electron chi connectivity index (χ0n) is 10.6. The van der Waals surface area contributed by atoms with Crippen LogP contribution in [0.1, 0.15) is 15.9 Å². The van der Waals surface area contributed by atoms with Crippen LogP contribution in [0.3, 0.4) is 0 Å². The monoisotopic (exact) mass is 293 g/mol. The molecule has 2 aromatic carbocycles. The lowest BCUT2D eigenvalue weighted by Crippen LogP contribution is -2.06. The van der Waals surface area contributed by atoms with Crippen LogP contribution < -0.4 is 5.32 Å². The van der Waals surface area contributed by atoms with Gasteiger partial charge in [-0.15, -0.1) is 0 Å². The normalized spacial score (nSPS) is 10.3. The van der Waals surface area contributed by atoms with Crippen LogP contribution in [0.15, 0.2) is 42.5 Å². The van der Waals surface area contributed by atoms with Crippen molar-refractivity contribution in [1.29, 1.82) is 0 Å². The number of halogens is 2. The predicted molar refractivity (Wildman–Crippen MR) is 77.0 cm³/mol. The summed E-state index contributed by atoms with van der Waals surface area (Å²) in [6.45, 7) is 0.579. The Kier molecular flexibility index (Phi) is 4.58. The maximum Gasteiger partial charge on any atom is 0.335 e. The Hall–Kier alpha value is -2.07. The number of carboxylic acid groups (broad SMARTS) is 1. The van der Waals surface area contributed by atoms with E-state index in [2.05, 4.69) is 5.32 Å². The second-order valence-corrected chi connectivity index (χ2v) is 4.71. The van der Waals surface area contributed by atoms with E-state index in [9.17, 15) is 9.18 Å². The molecule has 0 amide bonds. The average Bonchev–Trinajstić information content (AvgIpc) is 2.40. The van der Waals surface area contributed by atoms with E-state index >= 15 is 0 Å². The minimum atomic E-state index is -1.02. The van der Waals surface area contributed by atoms with Gasteiger partial charge in [-0.05, 0) is 42.3 Å². The molecule has 5 heteroatoms. The second-order valence-electron chi connectivity index (χ2n) is 4.31. The van der Waals surface area contributed by atoms with Crippen LogP contribution in [-0.4, -0.2) is 17.6 Å². The molecule has 20 heavy (non-hydrogen) atoms. The fraction of sp³-hybridized carbons (Fsp3) is 0.133. The zero-order chi connectivity index (χ0) is 14.5. The van der Waals surface area contributed by atoms with Gasteiger partial charge in [-0.3, -0.25) is 0 Å². The van der Waals surface area contributed by atoms with Crippen molar-refractivity contribution in [3.05, 3.63) is 64.4 Å². The van der Waals surface area contributed by atoms with Crippen molar-refractivity contribution in [1.82, 2.24) is 0 Å². The molecule has 0 saturated heterocycles. The lowest BCUT2D eigenvalue weighted by molar-refractivity contribution is 0.0697. The van der Waals surface area contributed by atoms with Crippen molar-refractivity contribution < 1.29 is 14.3 Å². The molecule has 3 nitrogen and oxygen atoms in total. The first kappa shape index (κ1) is 14.3. The number of anilines is 1. The van der Waals surface area contributed by atoms with Gasteiger partial charge in [0.2, 0.25) is 0 Å². The van der Waals surface area contributed by atoms with Crippen molar-refractivity contribution >= 4 is 23.3 Å². The Bertz CT molecular complexity index is 631. The second kappa shape index (κ2) is 6.39. The molecule has 0 fully saturated rings. The van der Waals surface area contributed by atoms with Gasteiger partial charge in [0.05, 0.1) is 16.3 Å². The van der Waals surface area contributed by atoms with Crippen LogP contribution in [-0.2, 0) is 6.42 Å². The summed E-state index contributed by atoms with van der Waals surface area (Å²) < 4.78 is 13.0. The van der Waals surface area contributed by atoms with Gasteiger partial charge in [-0.2, -0.15) is 0 Å². The Morgan fingerprint density at radius 3 is 2.70 bits per heavy atom. The van der Waals surface area contributed by atoms with Gasteiger partial charge in [0.25, 0.3) is 0 Å². The van der Waals surface area contributed by atoms with Crippen molar-refractivity contribution in [2.45, 2.75) is 6.42 Å². The fourth-order valence-electron chi connectivity index (χ4n) is 1.83. The van der Waals surface area contributed by atoms with Crippen molar-refractivity contribution in [2.75, 3.05) is 11.9 Å². The van der Waals surface area contributed by atoms with E-state index < -0.39 is 5.97 Å². The Morgan fingerprint density at radius 1 is 1.25 bits per heavy atom. The van der Waals surface area contributed by atoms with Crippen LogP contribution in [0, 0.1) is 5.82 Å². The SMILES string of the molecule is O=C(O)c1ccc(NCCc2cccc(F)c2)c(Cl)c1. The van der Waals surface area contributed by atoms with Gasteiger partial charge >= 0.3 is 5.97 Å². The molecule has 0 aromatic heterocycles. The topological polar surface area (TPSA) is 49.3 Å². The summed E-state index contributed by atoms with van der Waals surface area (Å²) in [6, 6.07) is 10.9. The molecule has 0 saturated carbocycles. The zero-order valence-corrected chi connectivity index (χ0v) is 11.3. The highest BCUT2D eigenvalue weighted by molar-refractivity contribution is 6.33. The molecule has 0 radical (unpaired) electrons. The number of benzene rings is 2. The minimum absolute atomic E-state index is 0.144. The van der Waals surface area contributed by atoms with Crippen molar-refractivity contribution in [2.24, 2.45) is 0 Å². The first-order chi connectivity index (χ1) is 9.56. The third kappa shape index (κ3) is 3.71. The number of nitrogens with one attached hydrogen (secondary N) is 1. The van der Waals surface area contributed by atoms with Gasteiger partial charge in [-0.1, -0.05) is 23.7 Å². The van der Waals surface area contributed by atoms with E-state index in [-0.39, 0.29) is 11.4 Å². The summed E-state index contributed by atoms with van der Waals surface area (Å²) in [5.41, 5.74) is 1.69. The summed E-state index contributed by atoms with van der Waals surface area (Å²) in [6.07, 6.45) is 0.648. The van der Waals surface area contributed by atoms with Crippen LogP contribution in [0.25, 0.3) is 0 Å². The molecule has 0 atom stereocenters. The van der Waals surface area contributed by atoms with Crippen LogP contribution in [0.2, 0.25) is 5.02 Å². The first-order valence-electron chi connectivity index (χ1n) is 6.07. The molecule has 2 N–H and O–H groups in total. The molecule has 0 aliphatic rings. The molecule has 0 heterocycles. The van der Waals surface area contributed by atoms with E-state index in [1.807, 2.05) is 6.07 Å². The maximum absolute atomic E-state index is 13.0. The Labute approximate surface area is 121 Å². The quantitative estimate of drug-likeness (QED) is 0.881. The summed E-state index contributed by atoms with van der Waals surface area (Å²) in [7, 11) is 0. The molecule has 0 aliphatic carbocycles. The Morgan fingerprint density at radius 2 is 2.05 bits per heavy atom. The number of aromatic carboxylic acids is 1.